The second-order valence-corrected chi connectivity index (χ2v) is 8.02. The van der Waals surface area contributed by atoms with E-state index < -0.39 is 0 Å². The summed E-state index contributed by atoms with van der Waals surface area (Å²) < 4.78 is 0. The van der Waals surface area contributed by atoms with Gasteiger partial charge >= 0.3 is 0 Å². The molecule has 6 heterocycles. The van der Waals surface area contributed by atoms with Crippen molar-refractivity contribution < 1.29 is 0 Å². The first-order chi connectivity index (χ1) is 16.3. The van der Waals surface area contributed by atoms with Crippen molar-refractivity contribution in [1.29, 1.82) is 0 Å². The molecule has 5 nitrogen and oxygen atoms in total. The second kappa shape index (κ2) is 7.88. The van der Waals surface area contributed by atoms with E-state index in [9.17, 15) is 0 Å². The summed E-state index contributed by atoms with van der Waals surface area (Å²) in [5, 5.41) is 0. The van der Waals surface area contributed by atoms with Crippen LogP contribution < -0.4 is 0 Å². The molecular formula is C28H21N5. The van der Waals surface area contributed by atoms with Gasteiger partial charge in [0.25, 0.3) is 0 Å². The topological polar surface area (TPSA) is 70.2 Å². The Bertz CT molecular complexity index is 1600. The minimum atomic E-state index is 0.681. The van der Waals surface area contributed by atoms with Crippen molar-refractivity contribution in [2.24, 2.45) is 0 Å². The van der Waals surface area contributed by atoms with E-state index in [4.69, 9.17) is 9.97 Å². The molecule has 5 heteroatoms. The van der Waals surface area contributed by atoms with Crippen molar-refractivity contribution in [2.75, 3.05) is 0 Å². The molecule has 8 bridgehead atoms. The van der Waals surface area contributed by atoms with Crippen LogP contribution >= 0.6 is 0 Å². The van der Waals surface area contributed by atoms with Gasteiger partial charge in [0.15, 0.2) is 0 Å². The summed E-state index contributed by atoms with van der Waals surface area (Å²) in [6.07, 6.45) is 12.6. The summed E-state index contributed by atoms with van der Waals surface area (Å²) in [4.78, 5) is 21.5. The lowest BCUT2D eigenvalue weighted by Crippen LogP contribution is -1.93. The first-order valence-corrected chi connectivity index (χ1v) is 10.9. The highest BCUT2D eigenvalue weighted by atomic mass is 14.8. The molecule has 4 aromatic heterocycles. The van der Waals surface area contributed by atoms with Crippen molar-refractivity contribution in [3.8, 4) is 11.3 Å². The number of nitrogens with zero attached hydrogens (tertiary/aromatic N) is 3. The molecule has 0 spiro atoms. The van der Waals surface area contributed by atoms with E-state index in [1.165, 1.54) is 0 Å². The molecule has 0 amide bonds. The molecule has 2 aliphatic rings. The average Bonchev–Trinajstić information content (AvgIpc) is 3.63. The van der Waals surface area contributed by atoms with Crippen molar-refractivity contribution in [3.63, 3.8) is 0 Å². The second-order valence-electron chi connectivity index (χ2n) is 8.02. The van der Waals surface area contributed by atoms with E-state index in [1.54, 1.807) is 0 Å². The zero-order valence-electron chi connectivity index (χ0n) is 17.9. The summed E-state index contributed by atoms with van der Waals surface area (Å²) in [5.74, 6) is 0. The highest BCUT2D eigenvalue weighted by molar-refractivity contribution is 5.90. The van der Waals surface area contributed by atoms with E-state index in [-0.39, 0.29) is 0 Å². The Hall–Kier alpha value is -4.51. The molecule has 2 aliphatic heterocycles. The molecule has 0 saturated carbocycles. The Morgan fingerprint density at radius 1 is 0.758 bits per heavy atom. The fourth-order valence-corrected chi connectivity index (χ4v) is 4.27. The summed E-state index contributed by atoms with van der Waals surface area (Å²) in [6.45, 7) is 3.95. The number of rotatable bonds is 3. The number of pyridine rings is 1. The van der Waals surface area contributed by atoms with Gasteiger partial charge in [-0.25, -0.2) is 9.97 Å². The van der Waals surface area contributed by atoms with E-state index in [2.05, 4.69) is 70.1 Å². The van der Waals surface area contributed by atoms with Gasteiger partial charge < -0.3 is 9.97 Å². The zero-order valence-corrected chi connectivity index (χ0v) is 17.9. The molecule has 6 rings (SSSR count). The van der Waals surface area contributed by atoms with Gasteiger partial charge in [0.2, 0.25) is 0 Å². The van der Waals surface area contributed by atoms with Crippen molar-refractivity contribution in [3.05, 3.63) is 102 Å². The minimum absolute atomic E-state index is 0.681. The van der Waals surface area contributed by atoms with Crippen LogP contribution in [0.4, 0.5) is 0 Å². The van der Waals surface area contributed by atoms with Gasteiger partial charge in [-0.1, -0.05) is 12.1 Å². The van der Waals surface area contributed by atoms with Crippen molar-refractivity contribution in [1.82, 2.24) is 24.9 Å². The largest absolute Gasteiger partial charge is 0.355 e. The number of hydrogen-bond donors (Lipinski definition) is 2. The van der Waals surface area contributed by atoms with Crippen LogP contribution in [0, 0.1) is 0 Å². The lowest BCUT2D eigenvalue weighted by molar-refractivity contribution is 1.15. The molecule has 0 atom stereocenters. The van der Waals surface area contributed by atoms with Gasteiger partial charge in [-0.05, 0) is 79.3 Å². The Balaban J connectivity index is 1.76. The number of aromatic nitrogens is 5. The van der Waals surface area contributed by atoms with Crippen LogP contribution in [0.15, 0.2) is 73.4 Å². The molecule has 0 fully saturated rings. The maximum atomic E-state index is 5.03. The predicted molar refractivity (Wildman–Crippen MR) is 136 cm³/mol. The number of H-pyrrole nitrogens is 2. The van der Waals surface area contributed by atoms with E-state index in [0.717, 1.165) is 61.7 Å². The SMILES string of the molecule is C=CCc1c2nc(cc3ccc(cc4ccc([nH]4)c(-c4ccccn4)c4nc1C=C4)[nH]3)C=C2. The highest BCUT2D eigenvalue weighted by Crippen LogP contribution is 2.30. The molecule has 0 aromatic carbocycles. The van der Waals surface area contributed by atoms with Crippen LogP contribution in [0.5, 0.6) is 0 Å². The lowest BCUT2D eigenvalue weighted by atomic mass is 10.1. The average molecular weight is 428 g/mol. The summed E-state index contributed by atoms with van der Waals surface area (Å²) in [6, 6.07) is 18.4. The van der Waals surface area contributed by atoms with Crippen LogP contribution in [0.25, 0.3) is 57.6 Å². The fourth-order valence-electron chi connectivity index (χ4n) is 4.27. The first kappa shape index (κ1) is 19.2. The number of aromatic amines is 2. The molecule has 158 valence electrons. The first-order valence-electron chi connectivity index (χ1n) is 10.9. The number of allylic oxidation sites excluding steroid dienone is 1. The Labute approximate surface area is 190 Å². The Morgan fingerprint density at radius 3 is 2.36 bits per heavy atom. The molecular weight excluding hydrogens is 406 g/mol. The lowest BCUT2D eigenvalue weighted by Gasteiger charge is -2.03. The number of hydrogen-bond acceptors (Lipinski definition) is 3. The third-order valence-corrected chi connectivity index (χ3v) is 5.77. The summed E-state index contributed by atoms with van der Waals surface area (Å²) in [7, 11) is 0. The van der Waals surface area contributed by atoms with Crippen molar-refractivity contribution >= 4 is 46.4 Å². The number of fused-ring (bicyclic) bond motifs is 8. The standard InChI is InChI=1S/C28H21N5/c1-2-5-22-23-11-9-20(31-23)16-18-7-8-19(30-18)17-21-10-12-26(32-21)28(25-6-3-4-15-29-25)27-14-13-24(22)33-27/h2-4,6-17,30,32H,1,5H2. The monoisotopic (exact) mass is 427 g/mol. The van der Waals surface area contributed by atoms with Gasteiger partial charge in [0, 0.05) is 33.9 Å². The molecule has 2 N–H and O–H groups in total. The molecule has 0 saturated heterocycles. The zero-order chi connectivity index (χ0) is 22.2. The quantitative estimate of drug-likeness (QED) is 0.319. The Morgan fingerprint density at radius 2 is 1.52 bits per heavy atom. The highest BCUT2D eigenvalue weighted by Gasteiger charge is 2.15. The van der Waals surface area contributed by atoms with Gasteiger partial charge in [-0.2, -0.15) is 0 Å². The van der Waals surface area contributed by atoms with Crippen LogP contribution in [0.3, 0.4) is 0 Å². The minimum Gasteiger partial charge on any atom is -0.355 e. The summed E-state index contributed by atoms with van der Waals surface area (Å²) in [5.41, 5.74) is 10.4. The molecule has 0 unspecified atom stereocenters. The maximum Gasteiger partial charge on any atom is 0.0752 e. The van der Waals surface area contributed by atoms with E-state index in [1.807, 2.05) is 42.6 Å². The molecule has 0 aliphatic carbocycles. The van der Waals surface area contributed by atoms with E-state index in [0.29, 0.717) is 6.42 Å². The Kier molecular flexibility index (Phi) is 4.58. The van der Waals surface area contributed by atoms with Gasteiger partial charge in [-0.15, -0.1) is 6.58 Å². The van der Waals surface area contributed by atoms with Crippen molar-refractivity contribution in [2.45, 2.75) is 6.42 Å². The van der Waals surface area contributed by atoms with Crippen LogP contribution in [-0.2, 0) is 6.42 Å². The molecule has 4 aromatic rings. The van der Waals surface area contributed by atoms with Gasteiger partial charge in [0.05, 0.1) is 34.0 Å². The van der Waals surface area contributed by atoms with Crippen LogP contribution in [0.2, 0.25) is 0 Å². The smallest absolute Gasteiger partial charge is 0.0752 e. The number of nitrogens with one attached hydrogen (secondary N) is 2. The predicted octanol–water partition coefficient (Wildman–Crippen LogP) is 6.45. The molecule has 33 heavy (non-hydrogen) atoms. The third-order valence-electron chi connectivity index (χ3n) is 5.77. The van der Waals surface area contributed by atoms with E-state index >= 15 is 0 Å². The third kappa shape index (κ3) is 3.59. The fraction of sp³-hybridized carbons (Fsp3) is 0.0357. The van der Waals surface area contributed by atoms with Crippen LogP contribution in [-0.4, -0.2) is 24.9 Å². The van der Waals surface area contributed by atoms with Crippen LogP contribution in [0.1, 0.15) is 28.3 Å². The summed E-state index contributed by atoms with van der Waals surface area (Å²) >= 11 is 0. The normalized spacial score (nSPS) is 12.2. The maximum absolute atomic E-state index is 5.03. The van der Waals surface area contributed by atoms with Gasteiger partial charge in [-0.3, -0.25) is 4.98 Å². The molecule has 0 radical (unpaired) electrons. The van der Waals surface area contributed by atoms with Gasteiger partial charge in [0.1, 0.15) is 0 Å².